The molecular weight excluding hydrogens is 300 g/mol. The molecule has 2 aromatic carbocycles. The van der Waals surface area contributed by atoms with Crippen molar-refractivity contribution in [2.75, 3.05) is 14.2 Å². The van der Waals surface area contributed by atoms with Gasteiger partial charge in [0.05, 0.1) is 19.2 Å². The fourth-order valence-corrected chi connectivity index (χ4v) is 2.99. The molecule has 0 bridgehead atoms. The molecule has 0 aliphatic heterocycles. The smallest absolute Gasteiger partial charge is 0.189 e. The van der Waals surface area contributed by atoms with Gasteiger partial charge in [-0.25, -0.2) is 0 Å². The van der Waals surface area contributed by atoms with Gasteiger partial charge in [-0.15, -0.1) is 0 Å². The Labute approximate surface area is 134 Å². The summed E-state index contributed by atoms with van der Waals surface area (Å²) >= 11 is 6.21. The summed E-state index contributed by atoms with van der Waals surface area (Å²) in [5.41, 5.74) is 3.41. The van der Waals surface area contributed by atoms with Crippen molar-refractivity contribution in [2.24, 2.45) is 0 Å². The van der Waals surface area contributed by atoms with Crippen molar-refractivity contribution in [3.63, 3.8) is 0 Å². The van der Waals surface area contributed by atoms with Gasteiger partial charge in [-0.05, 0) is 29.3 Å². The molecule has 0 saturated carbocycles. The van der Waals surface area contributed by atoms with Crippen molar-refractivity contribution < 1.29 is 14.3 Å². The number of Topliss-reactive ketones (excluding diaryl/α,β-unsaturated/α-hetero) is 1. The molecule has 112 valence electrons. The van der Waals surface area contributed by atoms with Crippen LogP contribution >= 0.6 is 11.6 Å². The molecular formula is C18H15ClO3. The van der Waals surface area contributed by atoms with Crippen LogP contribution in [0.1, 0.15) is 21.5 Å². The summed E-state index contributed by atoms with van der Waals surface area (Å²) in [6, 6.07) is 11.3. The van der Waals surface area contributed by atoms with Crippen LogP contribution in [0.3, 0.4) is 0 Å². The Hall–Kier alpha value is -2.26. The minimum atomic E-state index is 0.0708. The number of allylic oxidation sites excluding steroid dienone is 1. The molecule has 3 rings (SSSR count). The zero-order valence-corrected chi connectivity index (χ0v) is 13.1. The lowest BCUT2D eigenvalue weighted by Gasteiger charge is -2.10. The van der Waals surface area contributed by atoms with Crippen LogP contribution < -0.4 is 9.47 Å². The predicted molar refractivity (Wildman–Crippen MR) is 87.0 cm³/mol. The minimum absolute atomic E-state index is 0.0708. The highest BCUT2D eigenvalue weighted by molar-refractivity contribution is 6.32. The Morgan fingerprint density at radius 2 is 1.91 bits per heavy atom. The molecule has 2 aromatic rings. The van der Waals surface area contributed by atoms with Crippen LogP contribution in [0, 0.1) is 0 Å². The third-order valence-corrected chi connectivity index (χ3v) is 4.01. The van der Waals surface area contributed by atoms with Gasteiger partial charge in [0.2, 0.25) is 0 Å². The highest BCUT2D eigenvalue weighted by Crippen LogP contribution is 2.37. The van der Waals surface area contributed by atoms with Crippen LogP contribution in [0.25, 0.3) is 6.08 Å². The van der Waals surface area contributed by atoms with Crippen molar-refractivity contribution in [1.82, 2.24) is 0 Å². The summed E-state index contributed by atoms with van der Waals surface area (Å²) in [4.78, 5) is 12.4. The third kappa shape index (κ3) is 2.48. The van der Waals surface area contributed by atoms with E-state index in [0.29, 0.717) is 22.9 Å². The summed E-state index contributed by atoms with van der Waals surface area (Å²) < 4.78 is 10.5. The summed E-state index contributed by atoms with van der Waals surface area (Å²) in [5, 5.41) is 0.455. The summed E-state index contributed by atoms with van der Waals surface area (Å²) in [6.45, 7) is 0. The van der Waals surface area contributed by atoms with Gasteiger partial charge in [0.1, 0.15) is 0 Å². The van der Waals surface area contributed by atoms with Gasteiger partial charge in [-0.2, -0.15) is 0 Å². The van der Waals surface area contributed by atoms with Crippen molar-refractivity contribution in [1.29, 1.82) is 0 Å². The average Bonchev–Trinajstić information content (AvgIpc) is 2.83. The largest absolute Gasteiger partial charge is 0.493 e. The molecule has 0 fully saturated rings. The zero-order chi connectivity index (χ0) is 15.7. The number of ketones is 1. The molecule has 0 saturated heterocycles. The molecule has 0 radical (unpaired) electrons. The molecule has 1 aliphatic rings. The fraction of sp³-hybridized carbons (Fsp3) is 0.167. The van der Waals surface area contributed by atoms with Gasteiger partial charge in [0.25, 0.3) is 0 Å². The van der Waals surface area contributed by atoms with Crippen LogP contribution in [0.4, 0.5) is 0 Å². The maximum Gasteiger partial charge on any atom is 0.189 e. The highest BCUT2D eigenvalue weighted by atomic mass is 35.5. The number of rotatable bonds is 3. The van der Waals surface area contributed by atoms with Crippen molar-refractivity contribution >= 4 is 23.5 Å². The molecule has 0 amide bonds. The molecule has 0 heterocycles. The maximum atomic E-state index is 12.4. The van der Waals surface area contributed by atoms with Gasteiger partial charge >= 0.3 is 0 Å². The summed E-state index contributed by atoms with van der Waals surface area (Å²) in [6.07, 6.45) is 2.50. The average molecular weight is 315 g/mol. The number of carbonyl (C=O) groups excluding carboxylic acids is 1. The van der Waals surface area contributed by atoms with Gasteiger partial charge in [0, 0.05) is 17.6 Å². The van der Waals surface area contributed by atoms with Crippen LogP contribution in [0.15, 0.2) is 42.0 Å². The second-order valence-corrected chi connectivity index (χ2v) is 5.48. The second-order valence-electron chi connectivity index (χ2n) is 5.07. The number of fused-ring (bicyclic) bond motifs is 1. The highest BCUT2D eigenvalue weighted by Gasteiger charge is 2.24. The van der Waals surface area contributed by atoms with E-state index in [1.165, 1.54) is 0 Å². The Kier molecular flexibility index (Phi) is 3.90. The second kappa shape index (κ2) is 5.85. The lowest BCUT2D eigenvalue weighted by Crippen LogP contribution is -1.96. The van der Waals surface area contributed by atoms with Crippen LogP contribution in [-0.4, -0.2) is 20.0 Å². The molecule has 0 spiro atoms. The standard InChI is InChI=1S/C18H15ClO3/c1-21-16-9-11(8-15(19)18(16)22-2)7-13-10-12-5-3-4-6-14(12)17(13)20/h3-9H,10H2,1-2H3. The van der Waals surface area contributed by atoms with E-state index in [1.807, 2.05) is 36.4 Å². The van der Waals surface area contributed by atoms with Crippen molar-refractivity contribution in [3.8, 4) is 11.5 Å². The molecule has 4 heteroatoms. The number of carbonyl (C=O) groups is 1. The first kappa shape index (κ1) is 14.7. The monoisotopic (exact) mass is 314 g/mol. The Morgan fingerprint density at radius 1 is 1.14 bits per heavy atom. The first-order valence-corrected chi connectivity index (χ1v) is 7.26. The quantitative estimate of drug-likeness (QED) is 0.797. The number of hydrogen-bond donors (Lipinski definition) is 0. The predicted octanol–water partition coefficient (Wildman–Crippen LogP) is 4.18. The topological polar surface area (TPSA) is 35.5 Å². The van der Waals surface area contributed by atoms with E-state index in [0.717, 1.165) is 22.3 Å². The summed E-state index contributed by atoms with van der Waals surface area (Å²) in [5.74, 6) is 1.11. The van der Waals surface area contributed by atoms with Gasteiger partial charge in [-0.1, -0.05) is 35.9 Å². The van der Waals surface area contributed by atoms with E-state index in [1.54, 1.807) is 20.3 Å². The lowest BCUT2D eigenvalue weighted by atomic mass is 10.1. The van der Waals surface area contributed by atoms with E-state index in [4.69, 9.17) is 21.1 Å². The SMILES string of the molecule is COc1cc(C=C2Cc3ccccc3C2=O)cc(Cl)c1OC. The normalized spacial score (nSPS) is 15.0. The van der Waals surface area contributed by atoms with E-state index >= 15 is 0 Å². The summed E-state index contributed by atoms with van der Waals surface area (Å²) in [7, 11) is 3.10. The molecule has 0 N–H and O–H groups in total. The molecule has 22 heavy (non-hydrogen) atoms. The first-order chi connectivity index (χ1) is 10.6. The number of benzene rings is 2. The molecule has 3 nitrogen and oxygen atoms in total. The first-order valence-electron chi connectivity index (χ1n) is 6.88. The Morgan fingerprint density at radius 3 is 2.59 bits per heavy atom. The number of hydrogen-bond acceptors (Lipinski definition) is 3. The van der Waals surface area contributed by atoms with Crippen molar-refractivity contribution in [3.05, 3.63) is 63.7 Å². The van der Waals surface area contributed by atoms with Gasteiger partial charge in [0.15, 0.2) is 17.3 Å². The van der Waals surface area contributed by atoms with Crippen LogP contribution in [0.5, 0.6) is 11.5 Å². The van der Waals surface area contributed by atoms with Crippen LogP contribution in [0.2, 0.25) is 5.02 Å². The molecule has 1 aliphatic carbocycles. The molecule has 0 atom stereocenters. The molecule has 0 aromatic heterocycles. The number of ether oxygens (including phenoxy) is 2. The van der Waals surface area contributed by atoms with E-state index in [9.17, 15) is 4.79 Å². The van der Waals surface area contributed by atoms with Crippen LogP contribution in [-0.2, 0) is 6.42 Å². The minimum Gasteiger partial charge on any atom is -0.493 e. The van der Waals surface area contributed by atoms with E-state index in [2.05, 4.69) is 0 Å². The maximum absolute atomic E-state index is 12.4. The van der Waals surface area contributed by atoms with Gasteiger partial charge < -0.3 is 9.47 Å². The Bertz CT molecular complexity index is 778. The fourth-order valence-electron chi connectivity index (χ4n) is 2.69. The molecule has 0 unspecified atom stereocenters. The lowest BCUT2D eigenvalue weighted by molar-refractivity contribution is 0.104. The van der Waals surface area contributed by atoms with Gasteiger partial charge in [-0.3, -0.25) is 4.79 Å². The third-order valence-electron chi connectivity index (χ3n) is 3.73. The Balaban J connectivity index is 2.01. The van der Waals surface area contributed by atoms with Crippen molar-refractivity contribution in [2.45, 2.75) is 6.42 Å². The number of methoxy groups -OCH3 is 2. The van der Waals surface area contributed by atoms with E-state index in [-0.39, 0.29) is 5.78 Å². The number of halogens is 1. The zero-order valence-electron chi connectivity index (χ0n) is 12.4. The van der Waals surface area contributed by atoms with E-state index < -0.39 is 0 Å².